The van der Waals surface area contributed by atoms with Crippen LogP contribution in [0.4, 0.5) is 0 Å². The molecule has 0 atom stereocenters. The molecule has 3 aromatic rings. The number of hydrogen-bond acceptors (Lipinski definition) is 6. The molecule has 0 fully saturated rings. The maximum Gasteiger partial charge on any atom is 0.375 e. The summed E-state index contributed by atoms with van der Waals surface area (Å²) in [4.78, 5) is 12.3. The third-order valence-electron chi connectivity index (χ3n) is 3.80. The molecule has 0 radical (unpaired) electrons. The Bertz CT molecular complexity index is 1080. The molecule has 0 unspecified atom stereocenters. The fraction of sp³-hybridized carbons (Fsp3) is 0.235. The van der Waals surface area contributed by atoms with Gasteiger partial charge in [0.2, 0.25) is 10.9 Å². The summed E-state index contributed by atoms with van der Waals surface area (Å²) < 4.78 is 40.9. The Morgan fingerprint density at radius 2 is 1.92 bits per heavy atom. The third-order valence-corrected chi connectivity index (χ3v) is 5.73. The van der Waals surface area contributed by atoms with Gasteiger partial charge in [-0.15, -0.1) is 0 Å². The van der Waals surface area contributed by atoms with Gasteiger partial charge >= 0.3 is 5.97 Å². The Balaban J connectivity index is 1.76. The van der Waals surface area contributed by atoms with Crippen LogP contribution in [0.1, 0.15) is 21.9 Å². The Hall–Kier alpha value is -2.29. The summed E-state index contributed by atoms with van der Waals surface area (Å²) >= 11 is 5.96. The van der Waals surface area contributed by atoms with Crippen molar-refractivity contribution in [2.45, 2.75) is 18.6 Å². The molecule has 0 aliphatic rings. The first-order chi connectivity index (χ1) is 12.2. The maximum absolute atomic E-state index is 12.3. The van der Waals surface area contributed by atoms with E-state index in [-0.39, 0.29) is 23.2 Å². The average Bonchev–Trinajstić information content (AvgIpc) is 3.18. The number of carbonyl (C=O) groups is 1. The predicted molar refractivity (Wildman–Crippen MR) is 94.7 cm³/mol. The molecule has 0 N–H and O–H groups in total. The highest BCUT2D eigenvalue weighted by atomic mass is 35.5. The van der Waals surface area contributed by atoms with E-state index in [0.717, 1.165) is 9.69 Å². The molecule has 0 saturated carbocycles. The van der Waals surface area contributed by atoms with Crippen LogP contribution in [0, 0.1) is 6.92 Å². The van der Waals surface area contributed by atoms with Crippen molar-refractivity contribution in [3.8, 4) is 0 Å². The first-order valence-corrected chi connectivity index (χ1v) is 9.39. The summed E-state index contributed by atoms with van der Waals surface area (Å²) in [6, 6.07) is 7.79. The van der Waals surface area contributed by atoms with E-state index in [1.165, 1.54) is 26.2 Å². The van der Waals surface area contributed by atoms with Crippen LogP contribution in [0.3, 0.4) is 0 Å². The van der Waals surface area contributed by atoms with Crippen molar-refractivity contribution in [1.29, 1.82) is 0 Å². The Kier molecular flexibility index (Phi) is 4.83. The molecular weight excluding hydrogens is 382 g/mol. The van der Waals surface area contributed by atoms with Crippen LogP contribution in [0.5, 0.6) is 0 Å². The van der Waals surface area contributed by atoms with E-state index in [2.05, 4.69) is 0 Å². The normalized spacial score (nSPS) is 12.0. The van der Waals surface area contributed by atoms with Crippen LogP contribution < -0.4 is 0 Å². The van der Waals surface area contributed by atoms with Gasteiger partial charge in [-0.3, -0.25) is 0 Å². The summed E-state index contributed by atoms with van der Waals surface area (Å²) in [7, 11) is -0.886. The molecule has 26 heavy (non-hydrogen) atoms. The van der Waals surface area contributed by atoms with E-state index in [1.807, 2.05) is 0 Å². The van der Waals surface area contributed by atoms with Crippen molar-refractivity contribution >= 4 is 38.6 Å². The van der Waals surface area contributed by atoms with Gasteiger partial charge < -0.3 is 13.6 Å². The number of rotatable bonds is 5. The predicted octanol–water partition coefficient (Wildman–Crippen LogP) is 3.59. The Labute approximate surface area is 155 Å². The molecular formula is C17H16ClNO6S. The van der Waals surface area contributed by atoms with Gasteiger partial charge in [-0.2, -0.15) is 0 Å². The Morgan fingerprint density at radius 3 is 2.62 bits per heavy atom. The molecule has 0 saturated heterocycles. The van der Waals surface area contributed by atoms with Gasteiger partial charge in [0.15, 0.2) is 0 Å². The monoisotopic (exact) mass is 397 g/mol. The largest absolute Gasteiger partial charge is 0.452 e. The van der Waals surface area contributed by atoms with Crippen molar-refractivity contribution < 1.29 is 26.8 Å². The number of benzene rings is 1. The van der Waals surface area contributed by atoms with Gasteiger partial charge in [0.05, 0.1) is 0 Å². The highest BCUT2D eigenvalue weighted by Gasteiger charge is 2.23. The number of esters is 1. The summed E-state index contributed by atoms with van der Waals surface area (Å²) in [5.74, 6) is -0.409. The van der Waals surface area contributed by atoms with Crippen LogP contribution in [-0.4, -0.2) is 32.8 Å². The van der Waals surface area contributed by atoms with Gasteiger partial charge in [0.1, 0.15) is 18.0 Å². The second-order valence-electron chi connectivity index (χ2n) is 5.78. The van der Waals surface area contributed by atoms with Gasteiger partial charge in [-0.25, -0.2) is 17.5 Å². The number of aryl methyl sites for hydroxylation is 1. The number of hydrogen-bond donors (Lipinski definition) is 0. The highest BCUT2D eigenvalue weighted by molar-refractivity contribution is 7.88. The standard InChI is InChI=1S/C17H16ClNO6S/c1-10-13-8-11(18)4-6-14(13)25-16(10)17(20)23-9-12-5-7-15(24-12)26(21,22)19(2)3/h4-8H,9H2,1-3H3. The number of ether oxygens (including phenoxy) is 1. The zero-order valence-corrected chi connectivity index (χ0v) is 15.8. The zero-order chi connectivity index (χ0) is 19.1. The minimum absolute atomic E-state index is 0.0648. The van der Waals surface area contributed by atoms with Crippen LogP contribution in [-0.2, 0) is 21.4 Å². The van der Waals surface area contributed by atoms with Gasteiger partial charge in [0, 0.05) is 30.1 Å². The number of fused-ring (bicyclic) bond motifs is 1. The minimum Gasteiger partial charge on any atom is -0.452 e. The van der Waals surface area contributed by atoms with Crippen LogP contribution >= 0.6 is 11.6 Å². The van der Waals surface area contributed by atoms with E-state index in [4.69, 9.17) is 25.2 Å². The molecule has 0 bridgehead atoms. The SMILES string of the molecule is Cc1c(C(=O)OCc2ccc(S(=O)(=O)N(C)C)o2)oc2ccc(Cl)cc12. The molecule has 0 amide bonds. The fourth-order valence-electron chi connectivity index (χ4n) is 2.34. The van der Waals surface area contributed by atoms with Crippen LogP contribution in [0.2, 0.25) is 5.02 Å². The second kappa shape index (κ2) is 6.79. The smallest absolute Gasteiger partial charge is 0.375 e. The van der Waals surface area contributed by atoms with Crippen molar-refractivity contribution in [3.63, 3.8) is 0 Å². The number of halogens is 1. The fourth-order valence-corrected chi connectivity index (χ4v) is 3.33. The van der Waals surface area contributed by atoms with E-state index in [9.17, 15) is 13.2 Å². The number of carbonyl (C=O) groups excluding carboxylic acids is 1. The number of furan rings is 2. The van der Waals surface area contributed by atoms with Crippen LogP contribution in [0.25, 0.3) is 11.0 Å². The lowest BCUT2D eigenvalue weighted by Crippen LogP contribution is -2.21. The lowest BCUT2D eigenvalue weighted by atomic mass is 10.1. The van der Waals surface area contributed by atoms with Crippen molar-refractivity contribution in [2.24, 2.45) is 0 Å². The van der Waals surface area contributed by atoms with E-state index < -0.39 is 16.0 Å². The van der Waals surface area contributed by atoms with Crippen LogP contribution in [0.15, 0.2) is 44.3 Å². The minimum atomic E-state index is -3.68. The van der Waals surface area contributed by atoms with Gasteiger partial charge in [-0.05, 0) is 37.3 Å². The van der Waals surface area contributed by atoms with E-state index >= 15 is 0 Å². The molecule has 138 valence electrons. The van der Waals surface area contributed by atoms with E-state index in [1.54, 1.807) is 25.1 Å². The van der Waals surface area contributed by atoms with E-state index in [0.29, 0.717) is 16.2 Å². The molecule has 0 aliphatic carbocycles. The van der Waals surface area contributed by atoms with Gasteiger partial charge in [0.25, 0.3) is 10.0 Å². The highest BCUT2D eigenvalue weighted by Crippen LogP contribution is 2.28. The first kappa shape index (κ1) is 18.5. The maximum atomic E-state index is 12.3. The first-order valence-electron chi connectivity index (χ1n) is 7.57. The summed E-state index contributed by atoms with van der Waals surface area (Å²) in [6.07, 6.45) is 0. The Morgan fingerprint density at radius 1 is 1.19 bits per heavy atom. The second-order valence-corrected chi connectivity index (χ2v) is 8.30. The molecule has 0 spiro atoms. The molecule has 3 rings (SSSR count). The topological polar surface area (TPSA) is 90.0 Å². The molecule has 9 heteroatoms. The summed E-state index contributed by atoms with van der Waals surface area (Å²) in [5.41, 5.74) is 1.14. The lowest BCUT2D eigenvalue weighted by molar-refractivity contribution is 0.0406. The number of sulfonamides is 1. The van der Waals surface area contributed by atoms with Crippen molar-refractivity contribution in [2.75, 3.05) is 14.1 Å². The average molecular weight is 398 g/mol. The van der Waals surface area contributed by atoms with Gasteiger partial charge in [-0.1, -0.05) is 11.6 Å². The van der Waals surface area contributed by atoms with Crippen molar-refractivity contribution in [3.05, 3.63) is 52.4 Å². The summed E-state index contributed by atoms with van der Waals surface area (Å²) in [6.45, 7) is 1.51. The third kappa shape index (κ3) is 3.35. The van der Waals surface area contributed by atoms with Crippen molar-refractivity contribution in [1.82, 2.24) is 4.31 Å². The quantitative estimate of drug-likeness (QED) is 0.611. The molecule has 1 aromatic carbocycles. The lowest BCUT2D eigenvalue weighted by Gasteiger charge is -2.07. The summed E-state index contributed by atoms with van der Waals surface area (Å²) in [5, 5.41) is 1.04. The molecule has 7 nitrogen and oxygen atoms in total. The zero-order valence-electron chi connectivity index (χ0n) is 14.3. The molecule has 0 aliphatic heterocycles. The molecule has 2 heterocycles. The number of nitrogens with zero attached hydrogens (tertiary/aromatic N) is 1. The molecule has 2 aromatic heterocycles.